The van der Waals surface area contributed by atoms with Crippen LogP contribution in [0.3, 0.4) is 0 Å². The molecule has 0 aliphatic carbocycles. The van der Waals surface area contributed by atoms with E-state index < -0.39 is 12.0 Å². The molecule has 2 aromatic carbocycles. The van der Waals surface area contributed by atoms with E-state index in [0.29, 0.717) is 33.3 Å². The number of carbonyl (C=O) groups is 2. The number of halogens is 1. The Bertz CT molecular complexity index is 845. The van der Waals surface area contributed by atoms with Gasteiger partial charge in [-0.25, -0.2) is 0 Å². The average molecular weight is 403 g/mol. The van der Waals surface area contributed by atoms with E-state index in [1.54, 1.807) is 37.3 Å². The first kappa shape index (κ1) is 18.5. The molecule has 1 atom stereocenters. The molecule has 0 aliphatic rings. The van der Waals surface area contributed by atoms with E-state index in [4.69, 9.17) is 14.7 Å². The van der Waals surface area contributed by atoms with Gasteiger partial charge in [-0.15, -0.1) is 0 Å². The molecule has 0 saturated heterocycles. The number of methoxy groups -OCH3 is 1. The molecule has 0 unspecified atom stereocenters. The molecule has 0 saturated carbocycles. The highest BCUT2D eigenvalue weighted by atomic mass is 79.9. The van der Waals surface area contributed by atoms with Crippen molar-refractivity contribution in [1.29, 1.82) is 5.26 Å². The van der Waals surface area contributed by atoms with E-state index in [-0.39, 0.29) is 5.75 Å². The second-order valence-electron chi connectivity index (χ2n) is 5.08. The fraction of sp³-hybridized carbons (Fsp3) is 0.167. The van der Waals surface area contributed by atoms with E-state index in [1.165, 1.54) is 13.2 Å². The highest BCUT2D eigenvalue weighted by molar-refractivity contribution is 9.10. The average Bonchev–Trinajstić information content (AvgIpc) is 2.62. The molecule has 0 fully saturated rings. The third-order valence-corrected chi connectivity index (χ3v) is 4.03. The Kier molecular flexibility index (Phi) is 6.14. The summed E-state index contributed by atoms with van der Waals surface area (Å²) < 4.78 is 11.4. The van der Waals surface area contributed by atoms with Gasteiger partial charge in [0.15, 0.2) is 23.9 Å². The molecular formula is C18H15BrN2O4. The van der Waals surface area contributed by atoms with Gasteiger partial charge in [-0.05, 0) is 53.2 Å². The van der Waals surface area contributed by atoms with Crippen molar-refractivity contribution in [2.75, 3.05) is 12.4 Å². The summed E-state index contributed by atoms with van der Waals surface area (Å²) in [5.41, 5.74) is 1.32. The number of hydrogen-bond donors (Lipinski definition) is 1. The van der Waals surface area contributed by atoms with E-state index >= 15 is 0 Å². The fourth-order valence-electron chi connectivity index (χ4n) is 2.05. The highest BCUT2D eigenvalue weighted by Crippen LogP contribution is 2.33. The van der Waals surface area contributed by atoms with Crippen LogP contribution in [0, 0.1) is 11.3 Å². The maximum absolute atomic E-state index is 12.3. The lowest BCUT2D eigenvalue weighted by molar-refractivity contribution is -0.122. The van der Waals surface area contributed by atoms with Crippen LogP contribution < -0.4 is 14.8 Å². The fourth-order valence-corrected chi connectivity index (χ4v) is 2.46. The van der Waals surface area contributed by atoms with Crippen LogP contribution in [-0.4, -0.2) is 25.4 Å². The number of amides is 1. The predicted molar refractivity (Wildman–Crippen MR) is 96.0 cm³/mol. The van der Waals surface area contributed by atoms with Gasteiger partial charge < -0.3 is 14.8 Å². The first-order valence-corrected chi connectivity index (χ1v) is 8.08. The lowest BCUT2D eigenvalue weighted by Crippen LogP contribution is -2.30. The Morgan fingerprint density at radius 3 is 2.72 bits per heavy atom. The second-order valence-corrected chi connectivity index (χ2v) is 5.94. The molecule has 0 spiro atoms. The summed E-state index contributed by atoms with van der Waals surface area (Å²) in [6.07, 6.45) is -0.172. The molecule has 128 valence electrons. The number of nitrogens with zero attached hydrogens (tertiary/aromatic N) is 1. The zero-order valence-electron chi connectivity index (χ0n) is 13.6. The van der Waals surface area contributed by atoms with E-state index in [0.717, 1.165) is 0 Å². The summed E-state index contributed by atoms with van der Waals surface area (Å²) in [5.74, 6) is 0.276. The van der Waals surface area contributed by atoms with Gasteiger partial charge in [0.2, 0.25) is 0 Å². The number of carbonyl (C=O) groups excluding carboxylic acids is 2. The molecule has 0 heterocycles. The third kappa shape index (κ3) is 4.58. The van der Waals surface area contributed by atoms with Crippen LogP contribution in [0.2, 0.25) is 0 Å². The zero-order valence-corrected chi connectivity index (χ0v) is 15.2. The number of ether oxygens (including phenoxy) is 2. The maximum atomic E-state index is 12.3. The van der Waals surface area contributed by atoms with Crippen LogP contribution in [-0.2, 0) is 4.79 Å². The molecule has 0 radical (unpaired) electrons. The minimum absolute atomic E-state index is 0.279. The Morgan fingerprint density at radius 2 is 2.08 bits per heavy atom. The first-order chi connectivity index (χ1) is 12.0. The number of nitrogens with one attached hydrogen (secondary N) is 1. The molecule has 25 heavy (non-hydrogen) atoms. The Balaban J connectivity index is 2.15. The van der Waals surface area contributed by atoms with Crippen molar-refractivity contribution >= 4 is 33.8 Å². The van der Waals surface area contributed by atoms with Crippen LogP contribution in [0.25, 0.3) is 0 Å². The lowest BCUT2D eigenvalue weighted by atomic mass is 10.2. The molecule has 0 aliphatic heterocycles. The predicted octanol–water partition coefficient (Wildman–Crippen LogP) is 3.55. The van der Waals surface area contributed by atoms with Crippen LogP contribution in [0.5, 0.6) is 11.5 Å². The van der Waals surface area contributed by atoms with E-state index in [9.17, 15) is 9.59 Å². The summed E-state index contributed by atoms with van der Waals surface area (Å²) in [6, 6.07) is 11.7. The van der Waals surface area contributed by atoms with E-state index in [2.05, 4.69) is 21.2 Å². The number of rotatable bonds is 6. The van der Waals surface area contributed by atoms with Crippen LogP contribution in [0.15, 0.2) is 40.9 Å². The minimum atomic E-state index is -0.847. The zero-order chi connectivity index (χ0) is 18.4. The van der Waals surface area contributed by atoms with Crippen molar-refractivity contribution in [3.05, 3.63) is 52.0 Å². The summed E-state index contributed by atoms with van der Waals surface area (Å²) in [7, 11) is 1.47. The third-order valence-electron chi connectivity index (χ3n) is 3.34. The summed E-state index contributed by atoms with van der Waals surface area (Å²) in [5, 5.41) is 11.6. The molecule has 2 aromatic rings. The molecule has 6 nitrogen and oxygen atoms in total. The first-order valence-electron chi connectivity index (χ1n) is 7.29. The van der Waals surface area contributed by atoms with Crippen LogP contribution in [0.1, 0.15) is 22.8 Å². The highest BCUT2D eigenvalue weighted by Gasteiger charge is 2.18. The Morgan fingerprint density at radius 1 is 1.32 bits per heavy atom. The number of benzene rings is 2. The summed E-state index contributed by atoms with van der Waals surface area (Å²) >= 11 is 3.26. The topological polar surface area (TPSA) is 88.4 Å². The van der Waals surface area contributed by atoms with Crippen molar-refractivity contribution in [2.45, 2.75) is 13.0 Å². The summed E-state index contributed by atoms with van der Waals surface area (Å²) in [4.78, 5) is 23.4. The number of hydrogen-bond acceptors (Lipinski definition) is 5. The van der Waals surface area contributed by atoms with E-state index in [1.807, 2.05) is 6.07 Å². The molecule has 2 rings (SSSR count). The molecule has 0 bridgehead atoms. The van der Waals surface area contributed by atoms with Gasteiger partial charge in [-0.1, -0.05) is 6.07 Å². The van der Waals surface area contributed by atoms with Gasteiger partial charge in [0.05, 0.1) is 18.7 Å². The van der Waals surface area contributed by atoms with Crippen LogP contribution >= 0.6 is 15.9 Å². The quantitative estimate of drug-likeness (QED) is 0.746. The number of anilines is 1. The Labute approximate surface area is 153 Å². The van der Waals surface area contributed by atoms with Gasteiger partial charge in [-0.3, -0.25) is 9.59 Å². The monoisotopic (exact) mass is 402 g/mol. The molecule has 1 N–H and O–H groups in total. The van der Waals surface area contributed by atoms with Crippen LogP contribution in [0.4, 0.5) is 5.69 Å². The van der Waals surface area contributed by atoms with Gasteiger partial charge in [0, 0.05) is 15.7 Å². The minimum Gasteiger partial charge on any atom is -0.493 e. The van der Waals surface area contributed by atoms with Crippen molar-refractivity contribution < 1.29 is 19.1 Å². The largest absolute Gasteiger partial charge is 0.493 e. The normalized spacial score (nSPS) is 11.1. The lowest BCUT2D eigenvalue weighted by Gasteiger charge is -2.17. The molecule has 7 heteroatoms. The van der Waals surface area contributed by atoms with Gasteiger partial charge >= 0.3 is 0 Å². The van der Waals surface area contributed by atoms with Gasteiger partial charge in [-0.2, -0.15) is 5.26 Å². The molecular weight excluding hydrogens is 388 g/mol. The maximum Gasteiger partial charge on any atom is 0.265 e. The smallest absolute Gasteiger partial charge is 0.265 e. The van der Waals surface area contributed by atoms with Gasteiger partial charge in [0.1, 0.15) is 0 Å². The SMILES string of the molecule is COc1cc(Br)c(C=O)cc1O[C@H](C)C(=O)Nc1cccc(C#N)c1. The van der Waals surface area contributed by atoms with Crippen molar-refractivity contribution in [1.82, 2.24) is 0 Å². The molecule has 0 aromatic heterocycles. The van der Waals surface area contributed by atoms with Gasteiger partial charge in [0.25, 0.3) is 5.91 Å². The van der Waals surface area contributed by atoms with Crippen molar-refractivity contribution in [3.8, 4) is 17.6 Å². The Hall–Kier alpha value is -2.85. The number of aldehydes is 1. The standard InChI is InChI=1S/C18H15BrN2O4/c1-11(18(23)21-14-5-3-4-12(6-14)9-20)25-17-7-13(10-22)15(19)8-16(17)24-2/h3-8,10-11H,1-2H3,(H,21,23)/t11-/m1/s1. The molecule has 1 amide bonds. The second kappa shape index (κ2) is 8.31. The van der Waals surface area contributed by atoms with Crippen molar-refractivity contribution in [3.63, 3.8) is 0 Å². The number of nitriles is 1. The summed E-state index contributed by atoms with van der Waals surface area (Å²) in [6.45, 7) is 1.57. The van der Waals surface area contributed by atoms with Crippen molar-refractivity contribution in [2.24, 2.45) is 0 Å².